The van der Waals surface area contributed by atoms with Gasteiger partial charge < -0.3 is 9.84 Å². The molecule has 1 aliphatic carbocycles. The summed E-state index contributed by atoms with van der Waals surface area (Å²) < 4.78 is 19.4. The molecule has 2 aromatic carbocycles. The minimum atomic E-state index is -1.23. The quantitative estimate of drug-likeness (QED) is 0.922. The van der Waals surface area contributed by atoms with Crippen LogP contribution in [0.15, 0.2) is 42.5 Å². The SMILES string of the molecule is Cc1ccc(C(C)(O)c2ccc(OC3CC3)cc2)cc1F. The lowest BCUT2D eigenvalue weighted by atomic mass is 9.88. The highest BCUT2D eigenvalue weighted by Crippen LogP contribution is 2.32. The Balaban J connectivity index is 1.87. The molecule has 0 radical (unpaired) electrons. The molecule has 0 heterocycles. The van der Waals surface area contributed by atoms with Gasteiger partial charge in [-0.2, -0.15) is 0 Å². The van der Waals surface area contributed by atoms with Gasteiger partial charge in [-0.3, -0.25) is 0 Å². The molecule has 2 nitrogen and oxygen atoms in total. The molecule has 3 heteroatoms. The number of halogens is 1. The van der Waals surface area contributed by atoms with Crippen LogP contribution in [0.4, 0.5) is 4.39 Å². The Morgan fingerprint density at radius 2 is 1.71 bits per heavy atom. The maximum atomic E-state index is 13.7. The predicted octanol–water partition coefficient (Wildman–Crippen LogP) is 3.93. The zero-order valence-corrected chi connectivity index (χ0v) is 12.3. The Bertz CT molecular complexity index is 643. The van der Waals surface area contributed by atoms with Crippen LogP contribution in [0.1, 0.15) is 36.5 Å². The zero-order chi connectivity index (χ0) is 15.0. The van der Waals surface area contributed by atoms with Crippen molar-refractivity contribution in [2.45, 2.75) is 38.4 Å². The first-order chi connectivity index (χ1) is 9.96. The van der Waals surface area contributed by atoms with E-state index in [1.165, 1.54) is 6.07 Å². The monoisotopic (exact) mass is 286 g/mol. The Kier molecular flexibility index (Phi) is 3.46. The highest BCUT2D eigenvalue weighted by Gasteiger charge is 2.27. The van der Waals surface area contributed by atoms with Gasteiger partial charge in [-0.25, -0.2) is 4.39 Å². The molecule has 0 saturated heterocycles. The first-order valence-corrected chi connectivity index (χ1v) is 7.23. The number of hydrogen-bond donors (Lipinski definition) is 1. The first-order valence-electron chi connectivity index (χ1n) is 7.23. The van der Waals surface area contributed by atoms with Crippen molar-refractivity contribution >= 4 is 0 Å². The fourth-order valence-electron chi connectivity index (χ4n) is 2.30. The summed E-state index contributed by atoms with van der Waals surface area (Å²) in [4.78, 5) is 0. The second-order valence-corrected chi connectivity index (χ2v) is 5.88. The van der Waals surface area contributed by atoms with E-state index >= 15 is 0 Å². The van der Waals surface area contributed by atoms with Crippen LogP contribution >= 0.6 is 0 Å². The van der Waals surface area contributed by atoms with Crippen molar-refractivity contribution in [1.29, 1.82) is 0 Å². The molecule has 0 amide bonds. The average Bonchev–Trinajstić information content (AvgIpc) is 3.26. The molecule has 3 rings (SSSR count). The largest absolute Gasteiger partial charge is 0.490 e. The molecule has 0 spiro atoms. The number of ether oxygens (including phenoxy) is 1. The van der Waals surface area contributed by atoms with Crippen molar-refractivity contribution in [2.75, 3.05) is 0 Å². The van der Waals surface area contributed by atoms with Gasteiger partial charge in [-0.05, 0) is 61.6 Å². The number of aryl methyl sites for hydroxylation is 1. The average molecular weight is 286 g/mol. The lowest BCUT2D eigenvalue weighted by molar-refractivity contribution is 0.102. The Labute approximate surface area is 124 Å². The molecule has 1 N–H and O–H groups in total. The van der Waals surface area contributed by atoms with Gasteiger partial charge in [0.1, 0.15) is 17.2 Å². The highest BCUT2D eigenvalue weighted by atomic mass is 19.1. The van der Waals surface area contributed by atoms with Crippen molar-refractivity contribution in [3.63, 3.8) is 0 Å². The van der Waals surface area contributed by atoms with Crippen LogP contribution in [0.25, 0.3) is 0 Å². The van der Waals surface area contributed by atoms with Crippen molar-refractivity contribution in [3.05, 3.63) is 65.0 Å². The number of benzene rings is 2. The van der Waals surface area contributed by atoms with Gasteiger partial charge in [0.05, 0.1) is 6.10 Å². The van der Waals surface area contributed by atoms with Gasteiger partial charge in [-0.15, -0.1) is 0 Å². The molecule has 110 valence electrons. The third-order valence-corrected chi connectivity index (χ3v) is 3.98. The molecule has 2 aromatic rings. The molecule has 1 fully saturated rings. The van der Waals surface area contributed by atoms with Crippen LogP contribution in [-0.4, -0.2) is 11.2 Å². The third kappa shape index (κ3) is 2.93. The number of rotatable bonds is 4. The maximum absolute atomic E-state index is 13.7. The van der Waals surface area contributed by atoms with Crippen molar-refractivity contribution in [1.82, 2.24) is 0 Å². The molecular formula is C18H19FO2. The van der Waals surface area contributed by atoms with Crippen LogP contribution in [0, 0.1) is 12.7 Å². The second kappa shape index (κ2) is 5.15. The van der Waals surface area contributed by atoms with E-state index in [9.17, 15) is 9.50 Å². The highest BCUT2D eigenvalue weighted by molar-refractivity contribution is 5.39. The predicted molar refractivity (Wildman–Crippen MR) is 79.9 cm³/mol. The van der Waals surface area contributed by atoms with Crippen molar-refractivity contribution < 1.29 is 14.2 Å². The fourth-order valence-corrected chi connectivity index (χ4v) is 2.30. The topological polar surface area (TPSA) is 29.5 Å². The lowest BCUT2D eigenvalue weighted by Crippen LogP contribution is -2.23. The van der Waals surface area contributed by atoms with Crippen LogP contribution in [0.3, 0.4) is 0 Å². The zero-order valence-electron chi connectivity index (χ0n) is 12.3. The summed E-state index contributed by atoms with van der Waals surface area (Å²) in [6.07, 6.45) is 2.58. The van der Waals surface area contributed by atoms with E-state index in [1.807, 2.05) is 24.3 Å². The molecule has 0 aliphatic heterocycles. The van der Waals surface area contributed by atoms with E-state index in [1.54, 1.807) is 26.0 Å². The maximum Gasteiger partial charge on any atom is 0.126 e. The number of aliphatic hydroxyl groups is 1. The molecule has 0 aromatic heterocycles. The minimum absolute atomic E-state index is 0.304. The molecule has 1 unspecified atom stereocenters. The molecular weight excluding hydrogens is 267 g/mol. The van der Waals surface area contributed by atoms with E-state index in [0.717, 1.165) is 18.6 Å². The third-order valence-electron chi connectivity index (χ3n) is 3.98. The summed E-state index contributed by atoms with van der Waals surface area (Å²) in [5.41, 5.74) is 0.602. The Hall–Kier alpha value is -1.87. The second-order valence-electron chi connectivity index (χ2n) is 5.88. The Morgan fingerprint density at radius 1 is 1.10 bits per heavy atom. The standard InChI is InChI=1S/C18H19FO2/c1-12-3-4-14(11-17(12)19)18(2,20)13-5-7-15(8-6-13)21-16-9-10-16/h3-8,11,16,20H,9-10H2,1-2H3. The van der Waals surface area contributed by atoms with Gasteiger partial charge in [0.2, 0.25) is 0 Å². The fraction of sp³-hybridized carbons (Fsp3) is 0.333. The van der Waals surface area contributed by atoms with Gasteiger partial charge >= 0.3 is 0 Å². The van der Waals surface area contributed by atoms with E-state index in [4.69, 9.17) is 4.74 Å². The molecule has 1 atom stereocenters. The van der Waals surface area contributed by atoms with Gasteiger partial charge in [0.15, 0.2) is 0 Å². The summed E-state index contributed by atoms with van der Waals surface area (Å²) >= 11 is 0. The summed E-state index contributed by atoms with van der Waals surface area (Å²) in [7, 11) is 0. The lowest BCUT2D eigenvalue weighted by Gasteiger charge is -2.25. The van der Waals surface area contributed by atoms with Gasteiger partial charge in [-0.1, -0.05) is 24.3 Å². The van der Waals surface area contributed by atoms with E-state index in [-0.39, 0.29) is 5.82 Å². The van der Waals surface area contributed by atoms with Crippen LogP contribution in [0.2, 0.25) is 0 Å². The van der Waals surface area contributed by atoms with E-state index < -0.39 is 5.60 Å². The van der Waals surface area contributed by atoms with Crippen LogP contribution in [-0.2, 0) is 5.60 Å². The van der Waals surface area contributed by atoms with Crippen molar-refractivity contribution in [2.24, 2.45) is 0 Å². The van der Waals surface area contributed by atoms with Gasteiger partial charge in [0, 0.05) is 0 Å². The minimum Gasteiger partial charge on any atom is -0.490 e. The number of hydrogen-bond acceptors (Lipinski definition) is 2. The first kappa shape index (κ1) is 14.1. The summed E-state index contributed by atoms with van der Waals surface area (Å²) in [5.74, 6) is 0.508. The van der Waals surface area contributed by atoms with Crippen LogP contribution in [0.5, 0.6) is 5.75 Å². The summed E-state index contributed by atoms with van der Waals surface area (Å²) in [6, 6.07) is 12.2. The van der Waals surface area contributed by atoms with Crippen molar-refractivity contribution in [3.8, 4) is 5.75 Å². The normalized spacial score (nSPS) is 17.3. The molecule has 1 saturated carbocycles. The molecule has 1 aliphatic rings. The van der Waals surface area contributed by atoms with E-state index in [2.05, 4.69) is 0 Å². The molecule has 21 heavy (non-hydrogen) atoms. The summed E-state index contributed by atoms with van der Waals surface area (Å²) in [5, 5.41) is 10.8. The summed E-state index contributed by atoms with van der Waals surface area (Å²) in [6.45, 7) is 3.38. The smallest absolute Gasteiger partial charge is 0.126 e. The molecule has 0 bridgehead atoms. The van der Waals surface area contributed by atoms with Gasteiger partial charge in [0.25, 0.3) is 0 Å². The Morgan fingerprint density at radius 3 is 2.29 bits per heavy atom. The van der Waals surface area contributed by atoms with E-state index in [0.29, 0.717) is 22.8 Å². The van der Waals surface area contributed by atoms with Crippen LogP contribution < -0.4 is 4.74 Å².